The van der Waals surface area contributed by atoms with Gasteiger partial charge in [0.1, 0.15) is 17.1 Å². The molecule has 7 N–H and O–H groups in total. The summed E-state index contributed by atoms with van der Waals surface area (Å²) < 4.78 is 4.43. The molecule has 4 amide bonds. The number of nitrogens with two attached hydrogens (primary N) is 1. The molecule has 0 atom stereocenters. The van der Waals surface area contributed by atoms with Crippen molar-refractivity contribution in [2.45, 2.75) is 6.42 Å². The molecule has 262 valence electrons. The molecule has 0 spiro atoms. The zero-order valence-electron chi connectivity index (χ0n) is 27.0. The van der Waals surface area contributed by atoms with E-state index < -0.39 is 11.8 Å². The second-order valence-electron chi connectivity index (χ2n) is 10.8. The fraction of sp³-hybridized carbons (Fsp3) is 0.290. The van der Waals surface area contributed by atoms with E-state index in [0.29, 0.717) is 47.5 Å². The third-order valence-corrected chi connectivity index (χ3v) is 7.57. The van der Waals surface area contributed by atoms with Crippen LogP contribution in [0.5, 0.6) is 0 Å². The van der Waals surface area contributed by atoms with Gasteiger partial charge in [-0.2, -0.15) is 5.10 Å². The van der Waals surface area contributed by atoms with Gasteiger partial charge in [0.2, 0.25) is 0 Å². The molecule has 0 bridgehead atoms. The molecule has 0 saturated heterocycles. The zero-order valence-corrected chi connectivity index (χ0v) is 29.4. The van der Waals surface area contributed by atoms with E-state index in [4.69, 9.17) is 34.3 Å². The number of hydrogen-bond acceptors (Lipinski definition) is 7. The molecule has 0 aliphatic heterocycles. The number of hydrogen-bond donors (Lipinski definition) is 6. The Morgan fingerprint density at radius 3 is 1.88 bits per heavy atom. The number of nitrogens with zero attached hydrogens (tertiary/aromatic N) is 5. The first kappa shape index (κ1) is 38.5. The summed E-state index contributed by atoms with van der Waals surface area (Å²) in [7, 11) is 4.88. The van der Waals surface area contributed by atoms with Crippen molar-refractivity contribution >= 4 is 88.0 Å². The standard InChI is InChI=1S/C31H37Cl2N11O4.ClH/c1-41-18-21(14-23(41)29(46)36-11-8-26(34)35)38-31(48)25-16-27(40-43(25)3)39-30(47)24-15-20(17-42(24)2)37-28(45)19-4-6-22(7-5-19)44(12-9-32)13-10-33;/h4-7,14-18H,8-13H2,1-3H3,(H3,34,35)(H,36,46)(H,37,45)(H,38,48)(H,39,40,47);1H. The molecule has 0 aliphatic carbocycles. The van der Waals surface area contributed by atoms with Gasteiger partial charge in [-0.15, -0.1) is 35.6 Å². The zero-order chi connectivity index (χ0) is 35.0. The highest BCUT2D eigenvalue weighted by Gasteiger charge is 2.20. The van der Waals surface area contributed by atoms with Crippen LogP contribution < -0.4 is 31.9 Å². The smallest absolute Gasteiger partial charge is 0.274 e. The van der Waals surface area contributed by atoms with Gasteiger partial charge in [0.15, 0.2) is 5.82 Å². The Labute approximate surface area is 299 Å². The summed E-state index contributed by atoms with van der Waals surface area (Å²) in [6.07, 6.45) is 3.41. The molecule has 49 heavy (non-hydrogen) atoms. The number of carbonyl (C=O) groups excluding carboxylic acids is 4. The van der Waals surface area contributed by atoms with Gasteiger partial charge >= 0.3 is 0 Å². The first-order valence-corrected chi connectivity index (χ1v) is 15.9. The Bertz CT molecular complexity index is 1810. The minimum Gasteiger partial charge on any atom is -0.388 e. The normalized spacial score (nSPS) is 10.6. The van der Waals surface area contributed by atoms with Gasteiger partial charge in [-0.1, -0.05) is 0 Å². The number of benzene rings is 1. The molecule has 0 saturated carbocycles. The van der Waals surface area contributed by atoms with E-state index in [-0.39, 0.29) is 60.2 Å². The number of aryl methyl sites for hydroxylation is 3. The summed E-state index contributed by atoms with van der Waals surface area (Å²) in [4.78, 5) is 53.6. The molecule has 1 aromatic carbocycles. The van der Waals surface area contributed by atoms with E-state index in [0.717, 1.165) is 5.69 Å². The van der Waals surface area contributed by atoms with Crippen molar-refractivity contribution in [1.29, 1.82) is 5.41 Å². The van der Waals surface area contributed by atoms with Crippen molar-refractivity contribution in [2.24, 2.45) is 26.9 Å². The summed E-state index contributed by atoms with van der Waals surface area (Å²) in [5.41, 5.74) is 8.15. The maximum atomic E-state index is 13.1. The largest absolute Gasteiger partial charge is 0.388 e. The van der Waals surface area contributed by atoms with Crippen LogP contribution in [-0.2, 0) is 21.1 Å². The van der Waals surface area contributed by atoms with Gasteiger partial charge in [-0.05, 0) is 36.4 Å². The number of rotatable bonds is 15. The van der Waals surface area contributed by atoms with Crippen molar-refractivity contribution < 1.29 is 19.2 Å². The predicted octanol–water partition coefficient (Wildman–Crippen LogP) is 3.62. The van der Waals surface area contributed by atoms with Crippen LogP contribution in [-0.4, -0.2) is 79.8 Å². The van der Waals surface area contributed by atoms with Crippen molar-refractivity contribution in [2.75, 3.05) is 52.2 Å². The predicted molar refractivity (Wildman–Crippen MR) is 194 cm³/mol. The maximum Gasteiger partial charge on any atom is 0.274 e. The molecular weight excluding hydrogens is 697 g/mol. The van der Waals surface area contributed by atoms with Crippen LogP contribution in [0.3, 0.4) is 0 Å². The lowest BCUT2D eigenvalue weighted by molar-refractivity contribution is 0.0944. The molecule has 3 aromatic heterocycles. The second-order valence-corrected chi connectivity index (χ2v) is 11.5. The Hall–Kier alpha value is -4.99. The Balaban J connectivity index is 0.00000650. The van der Waals surface area contributed by atoms with E-state index in [1.54, 1.807) is 54.8 Å². The van der Waals surface area contributed by atoms with Gasteiger partial charge < -0.3 is 41.0 Å². The highest BCUT2D eigenvalue weighted by atomic mass is 35.5. The Morgan fingerprint density at radius 2 is 1.33 bits per heavy atom. The van der Waals surface area contributed by atoms with Gasteiger partial charge in [-0.3, -0.25) is 29.3 Å². The number of aromatic nitrogens is 4. The molecule has 18 heteroatoms. The molecular formula is C31H38Cl3N11O4. The number of alkyl halides is 2. The average molecular weight is 735 g/mol. The number of amidine groups is 1. The van der Waals surface area contributed by atoms with Crippen LogP contribution in [0.2, 0.25) is 0 Å². The quantitative estimate of drug-likeness (QED) is 0.0609. The molecule has 0 aliphatic rings. The molecule has 15 nitrogen and oxygen atoms in total. The fourth-order valence-electron chi connectivity index (χ4n) is 4.84. The summed E-state index contributed by atoms with van der Waals surface area (Å²) in [6.45, 7) is 1.47. The summed E-state index contributed by atoms with van der Waals surface area (Å²) >= 11 is 11.8. The lowest BCUT2D eigenvalue weighted by Crippen LogP contribution is -2.28. The summed E-state index contributed by atoms with van der Waals surface area (Å²) in [5.74, 6) is -0.748. The van der Waals surface area contributed by atoms with Crippen molar-refractivity contribution in [3.05, 3.63) is 77.5 Å². The highest BCUT2D eigenvalue weighted by Crippen LogP contribution is 2.20. The molecule has 4 aromatic rings. The van der Waals surface area contributed by atoms with E-state index in [9.17, 15) is 19.2 Å². The van der Waals surface area contributed by atoms with Crippen LogP contribution >= 0.6 is 35.6 Å². The highest BCUT2D eigenvalue weighted by molar-refractivity contribution is 6.18. The van der Waals surface area contributed by atoms with Crippen LogP contribution in [0.25, 0.3) is 0 Å². The summed E-state index contributed by atoms with van der Waals surface area (Å²) in [6, 6.07) is 11.5. The molecule has 0 fully saturated rings. The summed E-state index contributed by atoms with van der Waals surface area (Å²) in [5, 5.41) is 22.4. The topological polar surface area (TPSA) is 197 Å². The van der Waals surface area contributed by atoms with Crippen molar-refractivity contribution in [3.8, 4) is 0 Å². The van der Waals surface area contributed by atoms with Crippen LogP contribution in [0.15, 0.2) is 54.9 Å². The lowest BCUT2D eigenvalue weighted by Gasteiger charge is -2.22. The first-order chi connectivity index (χ1) is 22.9. The van der Waals surface area contributed by atoms with Gasteiger partial charge in [0.05, 0.1) is 17.2 Å². The third-order valence-electron chi connectivity index (χ3n) is 7.23. The lowest BCUT2D eigenvalue weighted by atomic mass is 10.1. The van der Waals surface area contributed by atoms with Gasteiger partial charge in [-0.25, -0.2) is 0 Å². The van der Waals surface area contributed by atoms with E-state index >= 15 is 0 Å². The van der Waals surface area contributed by atoms with Gasteiger partial charge in [0, 0.05) is 88.7 Å². The van der Waals surface area contributed by atoms with Crippen molar-refractivity contribution in [1.82, 2.24) is 24.2 Å². The number of anilines is 4. The van der Waals surface area contributed by atoms with E-state index in [1.165, 1.54) is 22.9 Å². The maximum absolute atomic E-state index is 13.1. The SMILES string of the molecule is Cl.Cn1cc(NC(=O)c2cc(NC(=O)c3cc(NC(=O)c4ccc(N(CCCl)CCCl)cc4)cn3C)nn2C)cc1C(=O)NCCC(=N)N. The van der Waals surface area contributed by atoms with Crippen LogP contribution in [0.4, 0.5) is 22.9 Å². The number of nitrogens with one attached hydrogen (secondary N) is 5. The minimum atomic E-state index is -0.512. The first-order valence-electron chi connectivity index (χ1n) is 14.8. The van der Waals surface area contributed by atoms with E-state index in [1.807, 2.05) is 17.0 Å². The minimum absolute atomic E-state index is 0. The number of halogens is 3. The van der Waals surface area contributed by atoms with Crippen LogP contribution in [0.1, 0.15) is 48.2 Å². The fourth-order valence-corrected chi connectivity index (χ4v) is 5.24. The average Bonchev–Trinajstić information content (AvgIpc) is 3.71. The number of carbonyl (C=O) groups is 4. The molecule has 3 heterocycles. The Kier molecular flexibility index (Phi) is 13.7. The molecule has 0 unspecified atom stereocenters. The second kappa shape index (κ2) is 17.4. The third kappa shape index (κ3) is 10.0. The van der Waals surface area contributed by atoms with Crippen molar-refractivity contribution in [3.63, 3.8) is 0 Å². The Morgan fingerprint density at radius 1 is 0.796 bits per heavy atom. The molecule has 4 rings (SSSR count). The van der Waals surface area contributed by atoms with Gasteiger partial charge in [0.25, 0.3) is 23.6 Å². The molecule has 0 radical (unpaired) electrons. The van der Waals surface area contributed by atoms with Crippen LogP contribution in [0, 0.1) is 5.41 Å². The monoisotopic (exact) mass is 733 g/mol. The number of amides is 4. The van der Waals surface area contributed by atoms with E-state index in [2.05, 4.69) is 26.4 Å².